The molecule has 2 aromatic rings. The second kappa shape index (κ2) is 7.05. The topological polar surface area (TPSA) is 0 Å². The monoisotopic (exact) mass is 366 g/mol. The van der Waals surface area contributed by atoms with E-state index in [9.17, 15) is 17.6 Å². The van der Waals surface area contributed by atoms with E-state index in [2.05, 4.69) is 20.8 Å². The molecule has 0 N–H and O–H groups in total. The van der Waals surface area contributed by atoms with Crippen molar-refractivity contribution in [2.75, 3.05) is 0 Å². The van der Waals surface area contributed by atoms with Gasteiger partial charge in [-0.25, -0.2) is 4.39 Å². The van der Waals surface area contributed by atoms with Crippen molar-refractivity contribution in [3.05, 3.63) is 70.5 Å². The first-order valence-corrected chi connectivity index (χ1v) is 8.73. The molecule has 0 unspecified atom stereocenters. The van der Waals surface area contributed by atoms with Crippen molar-refractivity contribution in [3.8, 4) is 0 Å². The van der Waals surface area contributed by atoms with Crippen LogP contribution in [0.3, 0.4) is 0 Å². The van der Waals surface area contributed by atoms with E-state index >= 15 is 0 Å². The highest BCUT2D eigenvalue weighted by Crippen LogP contribution is 2.33. The third-order valence-electron chi connectivity index (χ3n) is 4.48. The van der Waals surface area contributed by atoms with E-state index in [0.29, 0.717) is 18.4 Å². The highest BCUT2D eigenvalue weighted by Gasteiger charge is 2.31. The van der Waals surface area contributed by atoms with Crippen LogP contribution >= 0.6 is 0 Å². The smallest absolute Gasteiger partial charge is 0.207 e. The van der Waals surface area contributed by atoms with Crippen LogP contribution in [0, 0.1) is 11.2 Å². The average molecular weight is 366 g/mol. The molecule has 0 aliphatic heterocycles. The zero-order chi connectivity index (χ0) is 19.8. The van der Waals surface area contributed by atoms with Crippen LogP contribution in [0.15, 0.2) is 42.5 Å². The van der Waals surface area contributed by atoms with Gasteiger partial charge in [-0.1, -0.05) is 58.9 Å². The summed E-state index contributed by atoms with van der Waals surface area (Å²) < 4.78 is 52.6. The van der Waals surface area contributed by atoms with E-state index in [4.69, 9.17) is 0 Å². The van der Waals surface area contributed by atoms with Gasteiger partial charge in [-0.2, -0.15) is 13.2 Å². The lowest BCUT2D eigenvalue weighted by Crippen LogP contribution is -2.21. The van der Waals surface area contributed by atoms with Gasteiger partial charge in [0.1, 0.15) is 5.82 Å². The zero-order valence-corrected chi connectivity index (χ0v) is 16.0. The van der Waals surface area contributed by atoms with Gasteiger partial charge < -0.3 is 0 Å². The molecule has 0 radical (unpaired) electrons. The molecule has 0 saturated carbocycles. The average Bonchev–Trinajstić information content (AvgIpc) is 2.48. The summed E-state index contributed by atoms with van der Waals surface area (Å²) in [5, 5.41) is 0. The summed E-state index contributed by atoms with van der Waals surface area (Å²) in [6.07, 6.45) is -3.14. The lowest BCUT2D eigenvalue weighted by atomic mass is 9.78. The molecule has 0 saturated heterocycles. The summed E-state index contributed by atoms with van der Waals surface area (Å²) in [7, 11) is 0. The number of alkyl halides is 3. The zero-order valence-electron chi connectivity index (χ0n) is 16.0. The van der Waals surface area contributed by atoms with Crippen LogP contribution in [0.5, 0.6) is 0 Å². The predicted molar refractivity (Wildman–Crippen MR) is 97.7 cm³/mol. The molecule has 0 amide bonds. The van der Waals surface area contributed by atoms with Crippen LogP contribution in [0.1, 0.15) is 56.9 Å². The first-order chi connectivity index (χ1) is 11.8. The molecular formula is C22H26F4. The summed E-state index contributed by atoms with van der Waals surface area (Å²) in [6.45, 7) is 10.1. The predicted octanol–water partition coefficient (Wildman–Crippen LogP) is 6.95. The largest absolute Gasteiger partial charge is 0.416 e. The number of hydrogen-bond donors (Lipinski definition) is 0. The molecule has 26 heavy (non-hydrogen) atoms. The lowest BCUT2D eigenvalue weighted by Gasteiger charge is -2.26. The van der Waals surface area contributed by atoms with Crippen LogP contribution < -0.4 is 0 Å². The molecule has 0 aromatic heterocycles. The first kappa shape index (κ1) is 20.5. The second-order valence-corrected chi connectivity index (χ2v) is 8.80. The Bertz CT molecular complexity index is 747. The van der Waals surface area contributed by atoms with Gasteiger partial charge in [-0.15, -0.1) is 0 Å². The van der Waals surface area contributed by atoms with Gasteiger partial charge in [-0.3, -0.25) is 0 Å². The summed E-state index contributed by atoms with van der Waals surface area (Å²) in [6, 6.07) is 10.5. The summed E-state index contributed by atoms with van der Waals surface area (Å²) in [5.74, 6) is -0.222. The fourth-order valence-electron chi connectivity index (χ4n) is 3.14. The number of halogens is 4. The Hall–Kier alpha value is -1.84. The number of hydrogen-bond acceptors (Lipinski definition) is 0. The Morgan fingerprint density at radius 3 is 1.73 bits per heavy atom. The van der Waals surface area contributed by atoms with E-state index in [1.807, 2.05) is 26.0 Å². The van der Waals surface area contributed by atoms with Gasteiger partial charge in [0, 0.05) is 0 Å². The fraction of sp³-hybridized carbons (Fsp3) is 0.455. The molecule has 0 bridgehead atoms. The van der Waals surface area contributed by atoms with E-state index < -0.39 is 17.2 Å². The molecule has 2 rings (SSSR count). The lowest BCUT2D eigenvalue weighted by molar-refractivity contribution is -0.137. The van der Waals surface area contributed by atoms with E-state index in [-0.39, 0.29) is 11.2 Å². The summed E-state index contributed by atoms with van der Waals surface area (Å²) in [4.78, 5) is 0. The summed E-state index contributed by atoms with van der Waals surface area (Å²) in [5.41, 5.74) is 1.27. The third-order valence-corrected chi connectivity index (χ3v) is 4.48. The maximum absolute atomic E-state index is 14.4. The SMILES string of the molecule is CC(C)(C)Cc1ccc(CC(C)(C)c2ccc(C(F)(F)F)cc2)cc1F. The molecular weight excluding hydrogens is 340 g/mol. The molecule has 0 atom stereocenters. The molecule has 142 valence electrons. The second-order valence-electron chi connectivity index (χ2n) is 8.80. The Morgan fingerprint density at radius 1 is 0.731 bits per heavy atom. The van der Waals surface area contributed by atoms with Crippen LogP contribution in [0.2, 0.25) is 0 Å². The van der Waals surface area contributed by atoms with Gasteiger partial charge >= 0.3 is 6.18 Å². The van der Waals surface area contributed by atoms with Crippen molar-refractivity contribution in [2.45, 2.75) is 59.1 Å². The van der Waals surface area contributed by atoms with Crippen LogP contribution in [0.25, 0.3) is 0 Å². The Morgan fingerprint density at radius 2 is 1.27 bits per heavy atom. The molecule has 0 aliphatic rings. The van der Waals surface area contributed by atoms with Crippen molar-refractivity contribution in [2.24, 2.45) is 5.41 Å². The Balaban J connectivity index is 2.19. The van der Waals surface area contributed by atoms with Gasteiger partial charge in [0.25, 0.3) is 0 Å². The molecule has 4 heteroatoms. The molecule has 0 fully saturated rings. The minimum absolute atomic E-state index is 0.00184. The van der Waals surface area contributed by atoms with Crippen molar-refractivity contribution in [1.29, 1.82) is 0 Å². The van der Waals surface area contributed by atoms with Crippen molar-refractivity contribution in [3.63, 3.8) is 0 Å². The van der Waals surface area contributed by atoms with E-state index in [0.717, 1.165) is 23.3 Å². The maximum Gasteiger partial charge on any atom is 0.416 e. The maximum atomic E-state index is 14.4. The molecule has 0 heterocycles. The van der Waals surface area contributed by atoms with Gasteiger partial charge in [0.05, 0.1) is 5.56 Å². The molecule has 0 aliphatic carbocycles. The molecule has 0 nitrogen and oxygen atoms in total. The first-order valence-electron chi connectivity index (χ1n) is 8.73. The quantitative estimate of drug-likeness (QED) is 0.513. The molecule has 2 aromatic carbocycles. The standard InChI is InChI=1S/C22H26F4/c1-20(2,3)14-16-7-6-15(12-19(16)23)13-21(4,5)17-8-10-18(11-9-17)22(24,25)26/h6-12H,13-14H2,1-5H3. The molecule has 0 spiro atoms. The fourth-order valence-corrected chi connectivity index (χ4v) is 3.14. The normalized spacial score (nSPS) is 13.1. The van der Waals surface area contributed by atoms with E-state index in [1.165, 1.54) is 12.1 Å². The van der Waals surface area contributed by atoms with Crippen molar-refractivity contribution in [1.82, 2.24) is 0 Å². The van der Waals surface area contributed by atoms with Crippen molar-refractivity contribution >= 4 is 0 Å². The van der Waals surface area contributed by atoms with Crippen molar-refractivity contribution < 1.29 is 17.6 Å². The van der Waals surface area contributed by atoms with Gasteiger partial charge in [-0.05, 0) is 58.6 Å². The number of benzene rings is 2. The van der Waals surface area contributed by atoms with Crippen LogP contribution in [0.4, 0.5) is 17.6 Å². The van der Waals surface area contributed by atoms with E-state index in [1.54, 1.807) is 6.07 Å². The summed E-state index contributed by atoms with van der Waals surface area (Å²) >= 11 is 0. The third kappa shape index (κ3) is 5.33. The van der Waals surface area contributed by atoms with Gasteiger partial charge in [0.15, 0.2) is 0 Å². The Kier molecular flexibility index (Phi) is 5.55. The highest BCUT2D eigenvalue weighted by atomic mass is 19.4. The van der Waals surface area contributed by atoms with Crippen LogP contribution in [-0.2, 0) is 24.4 Å². The van der Waals surface area contributed by atoms with Gasteiger partial charge in [0.2, 0.25) is 0 Å². The highest BCUT2D eigenvalue weighted by molar-refractivity contribution is 5.33. The Labute approximate surface area is 153 Å². The minimum atomic E-state index is -4.34. The van der Waals surface area contributed by atoms with Crippen LogP contribution in [-0.4, -0.2) is 0 Å². The number of rotatable bonds is 4. The minimum Gasteiger partial charge on any atom is -0.207 e.